The number of nitrogens with zero attached hydrogens (tertiary/aromatic N) is 2. The van der Waals surface area contributed by atoms with Crippen molar-refractivity contribution in [3.63, 3.8) is 0 Å². The Kier molecular flexibility index (Phi) is 4.82. The van der Waals surface area contributed by atoms with Crippen molar-refractivity contribution in [2.24, 2.45) is 5.10 Å². The van der Waals surface area contributed by atoms with Crippen LogP contribution in [0.5, 0.6) is 0 Å². The maximum absolute atomic E-state index is 12.1. The van der Waals surface area contributed by atoms with Gasteiger partial charge in [-0.25, -0.2) is 5.43 Å². The van der Waals surface area contributed by atoms with Crippen molar-refractivity contribution in [1.29, 1.82) is 0 Å². The summed E-state index contributed by atoms with van der Waals surface area (Å²) in [5, 5.41) is 15.4. The van der Waals surface area contributed by atoms with E-state index < -0.39 is 10.8 Å². The number of hydrogen-bond donors (Lipinski definition) is 1. The molecule has 126 valence electrons. The van der Waals surface area contributed by atoms with Crippen LogP contribution in [0.25, 0.3) is 11.0 Å². The molecular weight excluding hydrogens is 414 g/mol. The maximum Gasteiger partial charge on any atom is 0.307 e. The van der Waals surface area contributed by atoms with Crippen LogP contribution in [0.15, 0.2) is 56.5 Å². The minimum atomic E-state index is -0.592. The van der Waals surface area contributed by atoms with Gasteiger partial charge >= 0.3 is 5.91 Å². The summed E-state index contributed by atoms with van der Waals surface area (Å²) in [6, 6.07) is 11.2. The Morgan fingerprint density at radius 3 is 2.84 bits per heavy atom. The van der Waals surface area contributed by atoms with Crippen LogP contribution in [0.1, 0.15) is 16.1 Å². The average Bonchev–Trinajstić information content (AvgIpc) is 2.99. The normalized spacial score (nSPS) is 11.1. The second kappa shape index (κ2) is 7.04. The lowest BCUT2D eigenvalue weighted by Gasteiger charge is -1.98. The van der Waals surface area contributed by atoms with Gasteiger partial charge in [-0.2, -0.15) is 5.10 Å². The van der Waals surface area contributed by atoms with E-state index in [-0.39, 0.29) is 16.5 Å². The molecular formula is C16H9BrClN3O4. The largest absolute Gasteiger partial charge is 0.451 e. The molecule has 0 aliphatic rings. The third-order valence-corrected chi connectivity index (χ3v) is 4.06. The Hall–Kier alpha value is -2.71. The third kappa shape index (κ3) is 3.86. The third-order valence-electron chi connectivity index (χ3n) is 3.25. The molecule has 0 unspecified atom stereocenters. The van der Waals surface area contributed by atoms with E-state index in [1.807, 2.05) is 6.07 Å². The molecule has 0 atom stereocenters. The van der Waals surface area contributed by atoms with Crippen LogP contribution in [0.2, 0.25) is 5.02 Å². The number of fused-ring (bicyclic) bond motifs is 1. The summed E-state index contributed by atoms with van der Waals surface area (Å²) >= 11 is 9.08. The highest BCUT2D eigenvalue weighted by atomic mass is 79.9. The summed E-state index contributed by atoms with van der Waals surface area (Å²) in [6.07, 6.45) is 1.28. The predicted molar refractivity (Wildman–Crippen MR) is 97.1 cm³/mol. The molecule has 1 aromatic heterocycles. The second-order valence-electron chi connectivity index (χ2n) is 4.96. The standard InChI is InChI=1S/C16H9BrClN3O4/c17-11-2-4-14-10(6-11)7-15(25-14)16(22)20-19-8-9-1-3-12(18)13(5-9)21(23)24/h1-8H,(H,20,22). The van der Waals surface area contributed by atoms with E-state index in [1.165, 1.54) is 18.3 Å². The molecule has 0 spiro atoms. The topological polar surface area (TPSA) is 97.7 Å². The number of nitrogens with one attached hydrogen (secondary N) is 1. The number of nitro benzene ring substituents is 1. The first kappa shape index (κ1) is 17.1. The fourth-order valence-corrected chi connectivity index (χ4v) is 2.66. The van der Waals surface area contributed by atoms with Gasteiger partial charge in [-0.1, -0.05) is 33.6 Å². The van der Waals surface area contributed by atoms with Gasteiger partial charge in [-0.15, -0.1) is 0 Å². The molecule has 9 heteroatoms. The molecule has 0 bridgehead atoms. The number of furan rings is 1. The Labute approximate surface area is 154 Å². The number of carbonyl (C=O) groups excluding carboxylic acids is 1. The van der Waals surface area contributed by atoms with Gasteiger partial charge in [0.2, 0.25) is 0 Å². The minimum absolute atomic E-state index is 0.0274. The first-order valence-electron chi connectivity index (χ1n) is 6.90. The molecule has 1 N–H and O–H groups in total. The van der Waals surface area contributed by atoms with Gasteiger partial charge in [0, 0.05) is 21.5 Å². The quantitative estimate of drug-likeness (QED) is 0.380. The van der Waals surface area contributed by atoms with Crippen LogP contribution in [-0.4, -0.2) is 17.0 Å². The number of rotatable bonds is 4. The zero-order chi connectivity index (χ0) is 18.0. The number of benzene rings is 2. The number of carbonyl (C=O) groups is 1. The van der Waals surface area contributed by atoms with E-state index in [1.54, 1.807) is 24.3 Å². The second-order valence-corrected chi connectivity index (χ2v) is 6.28. The van der Waals surface area contributed by atoms with E-state index in [4.69, 9.17) is 16.0 Å². The van der Waals surface area contributed by atoms with Crippen molar-refractivity contribution in [3.8, 4) is 0 Å². The fraction of sp³-hybridized carbons (Fsp3) is 0. The lowest BCUT2D eigenvalue weighted by atomic mass is 10.2. The van der Waals surface area contributed by atoms with Gasteiger partial charge in [0.25, 0.3) is 5.69 Å². The Bertz CT molecular complexity index is 1020. The monoisotopic (exact) mass is 421 g/mol. The molecule has 7 nitrogen and oxygen atoms in total. The summed E-state index contributed by atoms with van der Waals surface area (Å²) in [7, 11) is 0. The molecule has 3 aromatic rings. The number of halogens is 2. The molecule has 1 amide bonds. The van der Waals surface area contributed by atoms with Crippen molar-refractivity contribution in [2.75, 3.05) is 0 Å². The molecule has 0 aliphatic heterocycles. The van der Waals surface area contributed by atoms with Gasteiger partial charge in [0.15, 0.2) is 5.76 Å². The molecule has 2 aromatic carbocycles. The lowest BCUT2D eigenvalue weighted by Crippen LogP contribution is -2.16. The van der Waals surface area contributed by atoms with E-state index in [9.17, 15) is 14.9 Å². The highest BCUT2D eigenvalue weighted by Gasteiger charge is 2.13. The highest BCUT2D eigenvalue weighted by molar-refractivity contribution is 9.10. The van der Waals surface area contributed by atoms with Crippen molar-refractivity contribution >= 4 is 56.3 Å². The number of nitro groups is 1. The van der Waals surface area contributed by atoms with Gasteiger partial charge < -0.3 is 4.42 Å². The summed E-state index contributed by atoms with van der Waals surface area (Å²) in [5.74, 6) is -0.431. The van der Waals surface area contributed by atoms with Crippen molar-refractivity contribution in [3.05, 3.63) is 73.4 Å². The van der Waals surface area contributed by atoms with E-state index in [0.29, 0.717) is 11.1 Å². The molecule has 25 heavy (non-hydrogen) atoms. The van der Waals surface area contributed by atoms with E-state index in [0.717, 1.165) is 9.86 Å². The SMILES string of the molecule is O=C(NN=Cc1ccc(Cl)c([N+](=O)[O-])c1)c1cc2cc(Br)ccc2o1. The number of hydrazone groups is 1. The lowest BCUT2D eigenvalue weighted by molar-refractivity contribution is -0.384. The van der Waals surface area contributed by atoms with Crippen LogP contribution in [0.3, 0.4) is 0 Å². The zero-order valence-electron chi connectivity index (χ0n) is 12.4. The highest BCUT2D eigenvalue weighted by Crippen LogP contribution is 2.25. The maximum atomic E-state index is 12.1. The van der Waals surface area contributed by atoms with Crippen molar-refractivity contribution in [1.82, 2.24) is 5.43 Å². The van der Waals surface area contributed by atoms with Gasteiger partial charge in [0.05, 0.1) is 11.1 Å². The molecule has 0 saturated heterocycles. The number of amides is 1. The minimum Gasteiger partial charge on any atom is -0.451 e. The summed E-state index contributed by atoms with van der Waals surface area (Å²) in [5.41, 5.74) is 3.07. The molecule has 0 aliphatic carbocycles. The summed E-state index contributed by atoms with van der Waals surface area (Å²) in [6.45, 7) is 0. The molecule has 1 heterocycles. The number of hydrogen-bond acceptors (Lipinski definition) is 5. The van der Waals surface area contributed by atoms with E-state index >= 15 is 0 Å². The summed E-state index contributed by atoms with van der Waals surface area (Å²) in [4.78, 5) is 22.3. The molecule has 0 saturated carbocycles. The van der Waals surface area contributed by atoms with Crippen LogP contribution in [-0.2, 0) is 0 Å². The van der Waals surface area contributed by atoms with Gasteiger partial charge in [-0.3, -0.25) is 14.9 Å². The van der Waals surface area contributed by atoms with Crippen LogP contribution >= 0.6 is 27.5 Å². The van der Waals surface area contributed by atoms with Gasteiger partial charge in [0.1, 0.15) is 10.6 Å². The van der Waals surface area contributed by atoms with Crippen molar-refractivity contribution < 1.29 is 14.1 Å². The smallest absolute Gasteiger partial charge is 0.307 e. The predicted octanol–water partition coefficient (Wildman–Crippen LogP) is 4.52. The van der Waals surface area contributed by atoms with Crippen LogP contribution in [0, 0.1) is 10.1 Å². The Morgan fingerprint density at radius 2 is 2.08 bits per heavy atom. The molecule has 0 radical (unpaired) electrons. The first-order chi connectivity index (χ1) is 11.9. The van der Waals surface area contributed by atoms with Gasteiger partial charge in [-0.05, 0) is 30.3 Å². The fourth-order valence-electron chi connectivity index (χ4n) is 2.10. The first-order valence-corrected chi connectivity index (χ1v) is 8.07. The van der Waals surface area contributed by atoms with Crippen LogP contribution in [0.4, 0.5) is 5.69 Å². The molecule has 0 fully saturated rings. The Morgan fingerprint density at radius 1 is 1.28 bits per heavy atom. The Balaban J connectivity index is 1.73. The van der Waals surface area contributed by atoms with Crippen LogP contribution < -0.4 is 5.43 Å². The zero-order valence-corrected chi connectivity index (χ0v) is 14.7. The van der Waals surface area contributed by atoms with E-state index in [2.05, 4.69) is 26.5 Å². The summed E-state index contributed by atoms with van der Waals surface area (Å²) < 4.78 is 6.31. The van der Waals surface area contributed by atoms with Crippen molar-refractivity contribution in [2.45, 2.75) is 0 Å². The molecule has 3 rings (SSSR count). The average molecular weight is 423 g/mol.